The number of thiophene rings is 1. The van der Waals surface area contributed by atoms with Gasteiger partial charge in [-0.1, -0.05) is 44.2 Å². The third-order valence-corrected chi connectivity index (χ3v) is 4.52. The largest absolute Gasteiger partial charge is 0.313 e. The molecule has 1 N–H and O–H groups in total. The van der Waals surface area contributed by atoms with Gasteiger partial charge in [-0.25, -0.2) is 0 Å². The summed E-state index contributed by atoms with van der Waals surface area (Å²) in [6.07, 6.45) is 1.18. The monoisotopic (exact) mass is 302 g/mol. The lowest BCUT2D eigenvalue weighted by atomic mass is 10.1. The van der Waals surface area contributed by atoms with Gasteiger partial charge in [-0.2, -0.15) is 0 Å². The molecule has 0 saturated heterocycles. The zero-order valence-corrected chi connectivity index (χ0v) is 14.0. The van der Waals surface area contributed by atoms with E-state index in [-0.39, 0.29) is 0 Å². The van der Waals surface area contributed by atoms with Crippen molar-refractivity contribution in [2.24, 2.45) is 0 Å². The Morgan fingerprint density at radius 3 is 2.48 bits per heavy atom. The van der Waals surface area contributed by atoms with Crippen molar-refractivity contribution >= 4 is 11.3 Å². The van der Waals surface area contributed by atoms with E-state index in [9.17, 15) is 0 Å². The summed E-state index contributed by atoms with van der Waals surface area (Å²) in [6, 6.07) is 13.2. The van der Waals surface area contributed by atoms with Crippen LogP contribution in [0.4, 0.5) is 0 Å². The molecule has 0 aliphatic carbocycles. The molecule has 0 bridgehead atoms. The Hall–Kier alpha value is -1.16. The van der Waals surface area contributed by atoms with E-state index in [1.165, 1.54) is 22.4 Å². The first-order valence-corrected chi connectivity index (χ1v) is 8.73. The predicted molar refractivity (Wildman–Crippen MR) is 92.5 cm³/mol. The summed E-state index contributed by atoms with van der Waals surface area (Å²) < 4.78 is 0. The first-order valence-electron chi connectivity index (χ1n) is 7.85. The van der Waals surface area contributed by atoms with Gasteiger partial charge < -0.3 is 5.32 Å². The first-order chi connectivity index (χ1) is 10.3. The van der Waals surface area contributed by atoms with E-state index in [0.29, 0.717) is 0 Å². The van der Waals surface area contributed by atoms with E-state index in [1.54, 1.807) is 0 Å². The third kappa shape index (κ3) is 5.27. The van der Waals surface area contributed by atoms with Crippen LogP contribution in [0.15, 0.2) is 41.8 Å². The van der Waals surface area contributed by atoms with Gasteiger partial charge in [0.25, 0.3) is 0 Å². The Morgan fingerprint density at radius 2 is 1.81 bits per heavy atom. The molecular formula is C18H26N2S. The maximum atomic E-state index is 3.51. The standard InChI is InChI=1S/C18H26N2S/c1-3-11-19-13-16-8-5-6-9-17(16)14-20(4-2)15-18-10-7-12-21-18/h5-10,12,19H,3-4,11,13-15H2,1-2H3. The Balaban J connectivity index is 1.99. The molecule has 0 unspecified atom stereocenters. The summed E-state index contributed by atoms with van der Waals surface area (Å²) in [5.41, 5.74) is 2.87. The van der Waals surface area contributed by atoms with Crippen molar-refractivity contribution in [3.63, 3.8) is 0 Å². The summed E-state index contributed by atoms with van der Waals surface area (Å²) in [6.45, 7) is 9.66. The topological polar surface area (TPSA) is 15.3 Å². The molecule has 0 amide bonds. The van der Waals surface area contributed by atoms with Crippen LogP contribution in [-0.4, -0.2) is 18.0 Å². The summed E-state index contributed by atoms with van der Waals surface area (Å²) in [5, 5.41) is 5.67. The van der Waals surface area contributed by atoms with E-state index in [4.69, 9.17) is 0 Å². The molecule has 114 valence electrons. The maximum absolute atomic E-state index is 3.51. The van der Waals surface area contributed by atoms with Crippen molar-refractivity contribution in [3.8, 4) is 0 Å². The summed E-state index contributed by atoms with van der Waals surface area (Å²) in [5.74, 6) is 0. The summed E-state index contributed by atoms with van der Waals surface area (Å²) >= 11 is 1.84. The lowest BCUT2D eigenvalue weighted by molar-refractivity contribution is 0.273. The van der Waals surface area contributed by atoms with Gasteiger partial charge >= 0.3 is 0 Å². The lowest BCUT2D eigenvalue weighted by Gasteiger charge is -2.21. The predicted octanol–water partition coefficient (Wildman–Crippen LogP) is 4.27. The van der Waals surface area contributed by atoms with Crippen molar-refractivity contribution < 1.29 is 0 Å². The normalized spacial score (nSPS) is 11.2. The quantitative estimate of drug-likeness (QED) is 0.696. The maximum Gasteiger partial charge on any atom is 0.0331 e. The molecule has 0 aliphatic rings. The number of hydrogen-bond acceptors (Lipinski definition) is 3. The van der Waals surface area contributed by atoms with Gasteiger partial charge in [-0.05, 0) is 42.1 Å². The second kappa shape index (κ2) is 8.98. The Morgan fingerprint density at radius 1 is 1.00 bits per heavy atom. The number of rotatable bonds is 9. The molecule has 2 aromatic rings. The highest BCUT2D eigenvalue weighted by atomic mass is 32.1. The average Bonchev–Trinajstić information content (AvgIpc) is 3.01. The smallest absolute Gasteiger partial charge is 0.0331 e. The molecule has 2 nitrogen and oxygen atoms in total. The van der Waals surface area contributed by atoms with Gasteiger partial charge in [0.05, 0.1) is 0 Å². The molecular weight excluding hydrogens is 276 g/mol. The minimum Gasteiger partial charge on any atom is -0.313 e. The molecule has 3 heteroatoms. The summed E-state index contributed by atoms with van der Waals surface area (Å²) in [7, 11) is 0. The average molecular weight is 302 g/mol. The van der Waals surface area contributed by atoms with Crippen LogP contribution in [0.5, 0.6) is 0 Å². The fourth-order valence-electron chi connectivity index (χ4n) is 2.43. The van der Waals surface area contributed by atoms with Gasteiger partial charge in [0, 0.05) is 24.5 Å². The Labute approximate surface area is 132 Å². The molecule has 0 aliphatic heterocycles. The number of nitrogens with zero attached hydrogens (tertiary/aromatic N) is 1. The molecule has 1 heterocycles. The van der Waals surface area contributed by atoms with Crippen molar-refractivity contribution in [2.45, 2.75) is 39.9 Å². The van der Waals surface area contributed by atoms with Crippen LogP contribution in [0.2, 0.25) is 0 Å². The van der Waals surface area contributed by atoms with Crippen LogP contribution >= 0.6 is 11.3 Å². The fraction of sp³-hybridized carbons (Fsp3) is 0.444. The van der Waals surface area contributed by atoms with Crippen LogP contribution in [0, 0.1) is 0 Å². The van der Waals surface area contributed by atoms with E-state index in [0.717, 1.165) is 32.7 Å². The van der Waals surface area contributed by atoms with E-state index < -0.39 is 0 Å². The van der Waals surface area contributed by atoms with E-state index in [1.807, 2.05) is 11.3 Å². The highest BCUT2D eigenvalue weighted by molar-refractivity contribution is 7.09. The SMILES string of the molecule is CCCNCc1ccccc1CN(CC)Cc1cccs1. The third-order valence-electron chi connectivity index (χ3n) is 3.66. The van der Waals surface area contributed by atoms with Crippen LogP contribution in [0.3, 0.4) is 0 Å². The van der Waals surface area contributed by atoms with Crippen molar-refractivity contribution in [2.75, 3.05) is 13.1 Å². The molecule has 2 rings (SSSR count). The second-order valence-electron chi connectivity index (χ2n) is 5.33. The van der Waals surface area contributed by atoms with Gasteiger partial charge in [-0.3, -0.25) is 4.90 Å². The van der Waals surface area contributed by atoms with Crippen LogP contribution in [0.1, 0.15) is 36.3 Å². The molecule has 0 fully saturated rings. The summed E-state index contributed by atoms with van der Waals surface area (Å²) in [4.78, 5) is 3.95. The van der Waals surface area contributed by atoms with Gasteiger partial charge in [0.15, 0.2) is 0 Å². The molecule has 0 atom stereocenters. The number of nitrogens with one attached hydrogen (secondary N) is 1. The van der Waals surface area contributed by atoms with Crippen molar-refractivity contribution in [1.29, 1.82) is 0 Å². The van der Waals surface area contributed by atoms with Crippen LogP contribution in [0.25, 0.3) is 0 Å². The Bertz CT molecular complexity index is 508. The highest BCUT2D eigenvalue weighted by Gasteiger charge is 2.08. The van der Waals surface area contributed by atoms with Crippen LogP contribution < -0.4 is 5.32 Å². The molecule has 0 radical (unpaired) electrons. The molecule has 1 aromatic carbocycles. The minimum atomic E-state index is 0.973. The van der Waals surface area contributed by atoms with Gasteiger partial charge in [0.1, 0.15) is 0 Å². The molecule has 21 heavy (non-hydrogen) atoms. The highest BCUT2D eigenvalue weighted by Crippen LogP contribution is 2.16. The first kappa shape index (κ1) is 16.2. The fourth-order valence-corrected chi connectivity index (χ4v) is 3.17. The molecule has 0 saturated carbocycles. The zero-order chi connectivity index (χ0) is 14.9. The second-order valence-corrected chi connectivity index (χ2v) is 6.36. The zero-order valence-electron chi connectivity index (χ0n) is 13.1. The van der Waals surface area contributed by atoms with Crippen molar-refractivity contribution in [1.82, 2.24) is 10.2 Å². The molecule has 1 aromatic heterocycles. The minimum absolute atomic E-state index is 0.973. The van der Waals surface area contributed by atoms with E-state index >= 15 is 0 Å². The van der Waals surface area contributed by atoms with Gasteiger partial charge in [-0.15, -0.1) is 11.3 Å². The van der Waals surface area contributed by atoms with Gasteiger partial charge in [0.2, 0.25) is 0 Å². The van der Waals surface area contributed by atoms with Crippen LogP contribution in [-0.2, 0) is 19.6 Å². The number of benzene rings is 1. The number of hydrogen-bond donors (Lipinski definition) is 1. The Kier molecular flexibility index (Phi) is 6.93. The molecule has 0 spiro atoms. The van der Waals surface area contributed by atoms with Crippen molar-refractivity contribution in [3.05, 3.63) is 57.8 Å². The lowest BCUT2D eigenvalue weighted by Crippen LogP contribution is -2.23. The van der Waals surface area contributed by atoms with E-state index in [2.05, 4.69) is 65.8 Å².